The van der Waals surface area contributed by atoms with E-state index in [1.807, 2.05) is 6.92 Å². The summed E-state index contributed by atoms with van der Waals surface area (Å²) in [5.74, 6) is 1.42. The van der Waals surface area contributed by atoms with Gasteiger partial charge in [-0.3, -0.25) is 4.79 Å². The predicted molar refractivity (Wildman–Crippen MR) is 67.8 cm³/mol. The molecule has 0 saturated heterocycles. The van der Waals surface area contributed by atoms with E-state index in [4.69, 9.17) is 0 Å². The van der Waals surface area contributed by atoms with Crippen LogP contribution in [-0.2, 0) is 4.79 Å². The molecule has 3 aliphatic rings. The van der Waals surface area contributed by atoms with Crippen molar-refractivity contribution in [2.45, 2.75) is 44.8 Å². The molecule has 0 bridgehead atoms. The lowest BCUT2D eigenvalue weighted by molar-refractivity contribution is -0.116. The molecule has 0 aliphatic heterocycles. The lowest BCUT2D eigenvalue weighted by Crippen LogP contribution is -2.43. The minimum absolute atomic E-state index is 0.265. The largest absolute Gasteiger partial charge is 0.390 e. The van der Waals surface area contributed by atoms with Gasteiger partial charge >= 0.3 is 0 Å². The maximum absolute atomic E-state index is 11.7. The van der Waals surface area contributed by atoms with Gasteiger partial charge in [0.1, 0.15) is 0 Å². The first-order chi connectivity index (χ1) is 8.58. The molecule has 0 heterocycles. The Balaban J connectivity index is 1.95. The first kappa shape index (κ1) is 12.1. The number of carbonyl (C=O) groups is 1. The van der Waals surface area contributed by atoms with Crippen molar-refractivity contribution in [3.05, 3.63) is 23.3 Å². The average Bonchev–Trinajstić information content (AvgIpc) is 2.35. The minimum atomic E-state index is -0.600. The fraction of sp³-hybridized carbons (Fsp3) is 0.667. The molecule has 0 amide bonds. The van der Waals surface area contributed by atoms with Gasteiger partial charge < -0.3 is 10.2 Å². The quantitative estimate of drug-likeness (QED) is 0.684. The minimum Gasteiger partial charge on any atom is -0.390 e. The molecular formula is C15H20O3. The first-order valence-electron chi connectivity index (χ1n) is 6.86. The maximum Gasteiger partial charge on any atom is 0.158 e. The Bertz CT molecular complexity index is 435. The molecule has 3 nitrogen and oxygen atoms in total. The molecule has 98 valence electrons. The van der Waals surface area contributed by atoms with E-state index < -0.39 is 12.2 Å². The van der Waals surface area contributed by atoms with Crippen LogP contribution in [0.5, 0.6) is 0 Å². The van der Waals surface area contributed by atoms with Gasteiger partial charge in [0.05, 0.1) is 12.2 Å². The highest BCUT2D eigenvalue weighted by molar-refractivity contribution is 5.97. The molecule has 0 radical (unpaired) electrons. The lowest BCUT2D eigenvalue weighted by atomic mass is 9.62. The number of aliphatic hydroxyl groups is 2. The second-order valence-corrected chi connectivity index (χ2v) is 5.94. The fourth-order valence-corrected chi connectivity index (χ4v) is 3.89. The van der Waals surface area contributed by atoms with Crippen LogP contribution in [0.4, 0.5) is 0 Å². The molecule has 3 rings (SSSR count). The van der Waals surface area contributed by atoms with Crippen molar-refractivity contribution in [1.29, 1.82) is 0 Å². The molecule has 2 N–H and O–H groups in total. The van der Waals surface area contributed by atoms with Crippen LogP contribution in [0.2, 0.25) is 0 Å². The molecule has 3 aliphatic carbocycles. The van der Waals surface area contributed by atoms with Gasteiger partial charge in [-0.25, -0.2) is 0 Å². The number of carbonyl (C=O) groups excluding carboxylic acids is 1. The number of ketones is 1. The van der Waals surface area contributed by atoms with Gasteiger partial charge in [-0.05, 0) is 55.1 Å². The Kier molecular flexibility index (Phi) is 2.91. The lowest BCUT2D eigenvalue weighted by Gasteiger charge is -2.44. The van der Waals surface area contributed by atoms with Gasteiger partial charge in [-0.15, -0.1) is 0 Å². The summed E-state index contributed by atoms with van der Waals surface area (Å²) in [5, 5.41) is 19.6. The standard InChI is InChI=1S/C15H20O3/c1-8-10-3-2-9-6-14(17)15(18)7-12(9)11(10)4-5-13(8)16/h2-3,9,11-12,14-15,17-18H,4-7H2,1H3/t9-,11-,12+,14+,15-/m1/s1. The summed E-state index contributed by atoms with van der Waals surface area (Å²) in [6, 6.07) is 0. The van der Waals surface area contributed by atoms with E-state index in [9.17, 15) is 15.0 Å². The third-order valence-electron chi connectivity index (χ3n) is 4.99. The Morgan fingerprint density at radius 1 is 1.22 bits per heavy atom. The van der Waals surface area contributed by atoms with E-state index >= 15 is 0 Å². The number of hydrogen-bond acceptors (Lipinski definition) is 3. The Morgan fingerprint density at radius 3 is 2.72 bits per heavy atom. The molecule has 0 spiro atoms. The number of allylic oxidation sites excluding steroid dienone is 4. The number of rotatable bonds is 0. The smallest absolute Gasteiger partial charge is 0.158 e. The summed E-state index contributed by atoms with van der Waals surface area (Å²) in [6.45, 7) is 1.92. The number of fused-ring (bicyclic) bond motifs is 3. The maximum atomic E-state index is 11.7. The summed E-state index contributed by atoms with van der Waals surface area (Å²) < 4.78 is 0. The molecule has 0 aromatic carbocycles. The first-order valence-corrected chi connectivity index (χ1v) is 6.86. The van der Waals surface area contributed by atoms with Crippen LogP contribution in [0.1, 0.15) is 32.6 Å². The van der Waals surface area contributed by atoms with Gasteiger partial charge in [0.15, 0.2) is 5.78 Å². The fourth-order valence-electron chi connectivity index (χ4n) is 3.89. The molecule has 0 aromatic rings. The van der Waals surface area contributed by atoms with E-state index in [0.717, 1.165) is 12.0 Å². The van der Waals surface area contributed by atoms with E-state index in [-0.39, 0.29) is 5.78 Å². The Hall–Kier alpha value is -0.930. The molecule has 0 unspecified atom stereocenters. The van der Waals surface area contributed by atoms with Crippen LogP contribution in [0.3, 0.4) is 0 Å². The Labute approximate surface area is 107 Å². The molecule has 1 fully saturated rings. The third-order valence-corrected chi connectivity index (χ3v) is 4.99. The second-order valence-electron chi connectivity index (χ2n) is 5.94. The zero-order chi connectivity index (χ0) is 12.9. The monoisotopic (exact) mass is 248 g/mol. The van der Waals surface area contributed by atoms with Gasteiger partial charge in [0.2, 0.25) is 0 Å². The number of hydrogen-bond donors (Lipinski definition) is 2. The summed E-state index contributed by atoms with van der Waals surface area (Å²) >= 11 is 0. The van der Waals surface area contributed by atoms with Crippen molar-refractivity contribution in [3.63, 3.8) is 0 Å². The van der Waals surface area contributed by atoms with Gasteiger partial charge in [-0.1, -0.05) is 12.2 Å². The van der Waals surface area contributed by atoms with Crippen molar-refractivity contribution in [1.82, 2.24) is 0 Å². The van der Waals surface area contributed by atoms with Crippen LogP contribution in [-0.4, -0.2) is 28.2 Å². The van der Waals surface area contributed by atoms with Crippen LogP contribution in [0.25, 0.3) is 0 Å². The van der Waals surface area contributed by atoms with E-state index in [1.165, 1.54) is 5.57 Å². The van der Waals surface area contributed by atoms with Gasteiger partial charge in [0.25, 0.3) is 0 Å². The number of Topliss-reactive ketones (excluding diaryl/α,β-unsaturated/α-hetero) is 1. The van der Waals surface area contributed by atoms with Crippen molar-refractivity contribution in [2.75, 3.05) is 0 Å². The van der Waals surface area contributed by atoms with Crippen LogP contribution in [0, 0.1) is 17.8 Å². The molecule has 18 heavy (non-hydrogen) atoms. The number of aliphatic hydroxyl groups excluding tert-OH is 2. The predicted octanol–water partition coefficient (Wildman–Crippen LogP) is 1.60. The van der Waals surface area contributed by atoms with Crippen LogP contribution < -0.4 is 0 Å². The molecule has 5 atom stereocenters. The van der Waals surface area contributed by atoms with Crippen molar-refractivity contribution in [3.8, 4) is 0 Å². The van der Waals surface area contributed by atoms with E-state index in [2.05, 4.69) is 12.2 Å². The van der Waals surface area contributed by atoms with Gasteiger partial charge in [-0.2, -0.15) is 0 Å². The summed E-state index contributed by atoms with van der Waals surface area (Å²) in [7, 11) is 0. The molecular weight excluding hydrogens is 228 g/mol. The second kappa shape index (κ2) is 4.32. The summed E-state index contributed by atoms with van der Waals surface area (Å²) in [6.07, 6.45) is 5.88. The van der Waals surface area contributed by atoms with Crippen molar-refractivity contribution in [2.24, 2.45) is 17.8 Å². The third kappa shape index (κ3) is 1.77. The normalized spacial score (nSPS) is 43.7. The highest BCUT2D eigenvalue weighted by Crippen LogP contribution is 2.47. The SMILES string of the molecule is CC1=C2C=C[C@@H]3C[C@H](O)[C@H](O)C[C@@H]3[C@@H]2CCC1=O. The van der Waals surface area contributed by atoms with E-state index in [0.29, 0.717) is 37.0 Å². The topological polar surface area (TPSA) is 57.5 Å². The molecule has 1 saturated carbocycles. The van der Waals surface area contributed by atoms with Crippen molar-refractivity contribution >= 4 is 5.78 Å². The summed E-state index contributed by atoms with van der Waals surface area (Å²) in [5.41, 5.74) is 2.08. The zero-order valence-electron chi connectivity index (χ0n) is 10.7. The average molecular weight is 248 g/mol. The van der Waals surface area contributed by atoms with Gasteiger partial charge in [0, 0.05) is 6.42 Å². The molecule has 0 aromatic heterocycles. The van der Waals surface area contributed by atoms with Crippen molar-refractivity contribution < 1.29 is 15.0 Å². The highest BCUT2D eigenvalue weighted by Gasteiger charge is 2.42. The molecule has 3 heteroatoms. The highest BCUT2D eigenvalue weighted by atomic mass is 16.3. The van der Waals surface area contributed by atoms with Crippen LogP contribution >= 0.6 is 0 Å². The zero-order valence-corrected chi connectivity index (χ0v) is 10.7. The Morgan fingerprint density at radius 2 is 1.94 bits per heavy atom. The summed E-state index contributed by atoms with van der Waals surface area (Å²) in [4.78, 5) is 11.7. The van der Waals surface area contributed by atoms with E-state index in [1.54, 1.807) is 0 Å². The van der Waals surface area contributed by atoms with Crippen LogP contribution in [0.15, 0.2) is 23.3 Å².